The van der Waals surface area contributed by atoms with Gasteiger partial charge in [-0.1, -0.05) is 12.5 Å². The molecule has 1 heterocycles. The van der Waals surface area contributed by atoms with Crippen LogP contribution in [0.25, 0.3) is 0 Å². The van der Waals surface area contributed by atoms with Gasteiger partial charge in [-0.05, 0) is 11.3 Å². The van der Waals surface area contributed by atoms with E-state index in [1.54, 1.807) is 0 Å². The number of nitrogens with zero attached hydrogens (tertiary/aromatic N) is 2. The monoisotopic (exact) mass is 266 g/mol. The van der Waals surface area contributed by atoms with Crippen molar-refractivity contribution in [1.82, 2.24) is 10.2 Å². The molecule has 11 heteroatoms. The summed E-state index contributed by atoms with van der Waals surface area (Å²) in [6, 6.07) is 0. The zero-order chi connectivity index (χ0) is 11.0. The summed E-state index contributed by atoms with van der Waals surface area (Å²) in [4.78, 5) is 0. The number of halogens is 3. The van der Waals surface area contributed by atoms with Gasteiger partial charge in [0.2, 0.25) is 5.01 Å². The third kappa shape index (κ3) is 4.40. The first-order valence-corrected chi connectivity index (χ1v) is 4.94. The first-order chi connectivity index (χ1) is 6.18. The molecule has 0 aliphatic heterocycles. The Hall–Kier alpha value is -0.940. The van der Waals surface area contributed by atoms with Gasteiger partial charge in [0, 0.05) is 0 Å². The Balaban J connectivity index is 0.00000196. The minimum atomic E-state index is -4.87. The van der Waals surface area contributed by atoms with Crippen molar-refractivity contribution in [3.63, 3.8) is 0 Å². The van der Waals surface area contributed by atoms with E-state index < -0.39 is 26.8 Å². The average molecular weight is 266 g/mol. The van der Waals surface area contributed by atoms with Crippen molar-refractivity contribution >= 4 is 21.7 Å². The van der Waals surface area contributed by atoms with E-state index in [1.807, 2.05) is 0 Å². The van der Waals surface area contributed by atoms with Crippen molar-refractivity contribution in [2.24, 2.45) is 0 Å². The molecule has 0 amide bonds. The highest BCUT2D eigenvalue weighted by Crippen LogP contribution is 2.34. The minimum absolute atomic E-state index is 0. The SMILES string of the molecule is C.O=S(=O)(O)Oc1nnc(C(F)(F)F)s1. The Kier molecular flexibility index (Phi) is 4.01. The van der Waals surface area contributed by atoms with Crippen LogP contribution in [0.2, 0.25) is 0 Å². The molecule has 1 aromatic rings. The van der Waals surface area contributed by atoms with Crippen LogP contribution in [0.15, 0.2) is 0 Å². The molecule has 6 nitrogen and oxygen atoms in total. The summed E-state index contributed by atoms with van der Waals surface area (Å²) in [5, 5.41) is 3.10. The van der Waals surface area contributed by atoms with Gasteiger partial charge >= 0.3 is 21.8 Å². The zero-order valence-corrected chi connectivity index (χ0v) is 7.65. The van der Waals surface area contributed by atoms with Crippen LogP contribution in [-0.2, 0) is 16.6 Å². The van der Waals surface area contributed by atoms with Gasteiger partial charge in [-0.25, -0.2) is 0 Å². The van der Waals surface area contributed by atoms with Gasteiger partial charge in [0.15, 0.2) is 0 Å². The fraction of sp³-hybridized carbons (Fsp3) is 0.500. The Bertz CT molecular complexity index is 425. The maximum Gasteiger partial charge on any atom is 0.448 e. The maximum absolute atomic E-state index is 11.9. The molecule has 0 aromatic carbocycles. The van der Waals surface area contributed by atoms with Gasteiger partial charge in [0.05, 0.1) is 0 Å². The van der Waals surface area contributed by atoms with Crippen LogP contribution in [0.4, 0.5) is 13.2 Å². The number of hydrogen-bond donors (Lipinski definition) is 1. The van der Waals surface area contributed by atoms with Crippen molar-refractivity contribution in [2.45, 2.75) is 13.6 Å². The van der Waals surface area contributed by atoms with E-state index in [0.717, 1.165) is 0 Å². The van der Waals surface area contributed by atoms with Crippen LogP contribution in [0, 0.1) is 0 Å². The largest absolute Gasteiger partial charge is 0.448 e. The third-order valence-corrected chi connectivity index (χ3v) is 2.15. The fourth-order valence-electron chi connectivity index (χ4n) is 0.448. The molecule has 1 N–H and O–H groups in total. The molecule has 88 valence electrons. The summed E-state index contributed by atoms with van der Waals surface area (Å²) in [5.74, 6) is 0. The first kappa shape index (κ1) is 14.1. The maximum atomic E-state index is 11.9. The molecule has 0 fully saturated rings. The van der Waals surface area contributed by atoms with E-state index in [2.05, 4.69) is 14.4 Å². The summed E-state index contributed by atoms with van der Waals surface area (Å²) in [7, 11) is -4.87. The molecule has 0 atom stereocenters. The number of aromatic nitrogens is 2. The summed E-state index contributed by atoms with van der Waals surface area (Å²) < 4.78 is 67.5. The minimum Gasteiger partial charge on any atom is -0.329 e. The predicted molar refractivity (Wildman–Crippen MR) is 43.8 cm³/mol. The quantitative estimate of drug-likeness (QED) is 0.813. The van der Waals surface area contributed by atoms with Crippen molar-refractivity contribution < 1.29 is 30.3 Å². The highest BCUT2D eigenvalue weighted by molar-refractivity contribution is 7.81. The number of hydrogen-bond acceptors (Lipinski definition) is 6. The van der Waals surface area contributed by atoms with Crippen LogP contribution in [0.5, 0.6) is 5.19 Å². The normalized spacial score (nSPS) is 12.0. The van der Waals surface area contributed by atoms with Gasteiger partial charge in [-0.2, -0.15) is 21.6 Å². The molecule has 0 bridgehead atoms. The molecule has 0 unspecified atom stereocenters. The lowest BCUT2D eigenvalue weighted by atomic mass is 10.7. The lowest BCUT2D eigenvalue weighted by Gasteiger charge is -1.97. The predicted octanol–water partition coefficient (Wildman–Crippen LogP) is 1.37. The highest BCUT2D eigenvalue weighted by atomic mass is 32.3. The summed E-state index contributed by atoms with van der Waals surface area (Å²) in [6.45, 7) is 0. The lowest BCUT2D eigenvalue weighted by molar-refractivity contribution is -0.138. The van der Waals surface area contributed by atoms with Crippen LogP contribution in [-0.4, -0.2) is 23.2 Å². The van der Waals surface area contributed by atoms with Crippen LogP contribution >= 0.6 is 11.3 Å². The molecule has 0 aliphatic carbocycles. The van der Waals surface area contributed by atoms with Crippen LogP contribution in [0.1, 0.15) is 12.4 Å². The molecule has 0 radical (unpaired) electrons. The van der Waals surface area contributed by atoms with Gasteiger partial charge in [0.1, 0.15) is 0 Å². The van der Waals surface area contributed by atoms with Crippen LogP contribution in [0.3, 0.4) is 0 Å². The van der Waals surface area contributed by atoms with Crippen molar-refractivity contribution in [2.75, 3.05) is 0 Å². The lowest BCUT2D eigenvalue weighted by Crippen LogP contribution is -2.06. The molecular formula is C4H5F3N2O4S2. The van der Waals surface area contributed by atoms with Crippen LogP contribution < -0.4 is 4.18 Å². The Labute approximate surface area is 86.7 Å². The number of alkyl halides is 3. The molecule has 1 rings (SSSR count). The van der Waals surface area contributed by atoms with Gasteiger partial charge in [-0.15, -0.1) is 5.10 Å². The third-order valence-electron chi connectivity index (χ3n) is 0.826. The fourth-order valence-corrected chi connectivity index (χ4v) is 1.50. The summed E-state index contributed by atoms with van der Waals surface area (Å²) >= 11 is -0.142. The molecule has 0 saturated heterocycles. The summed E-state index contributed by atoms with van der Waals surface area (Å²) in [5.41, 5.74) is 0. The Morgan fingerprint density at radius 2 is 1.87 bits per heavy atom. The Morgan fingerprint density at radius 3 is 2.20 bits per heavy atom. The van der Waals surface area contributed by atoms with E-state index in [0.29, 0.717) is 0 Å². The second-order valence-electron chi connectivity index (χ2n) is 1.88. The van der Waals surface area contributed by atoms with E-state index in [4.69, 9.17) is 4.55 Å². The van der Waals surface area contributed by atoms with Crippen molar-refractivity contribution in [3.05, 3.63) is 5.01 Å². The Morgan fingerprint density at radius 1 is 1.33 bits per heavy atom. The smallest absolute Gasteiger partial charge is 0.329 e. The number of rotatable bonds is 2. The van der Waals surface area contributed by atoms with E-state index >= 15 is 0 Å². The van der Waals surface area contributed by atoms with Gasteiger partial charge in [-0.3, -0.25) is 4.55 Å². The molecule has 0 aliphatic rings. The zero-order valence-electron chi connectivity index (χ0n) is 6.02. The summed E-state index contributed by atoms with van der Waals surface area (Å²) in [6.07, 6.45) is -4.72. The molecule has 1 aromatic heterocycles. The second kappa shape index (κ2) is 4.28. The topological polar surface area (TPSA) is 89.4 Å². The highest BCUT2D eigenvalue weighted by Gasteiger charge is 2.36. The van der Waals surface area contributed by atoms with Gasteiger partial charge in [0.25, 0.3) is 0 Å². The standard InChI is InChI=1S/C3HF3N2O4S2.CH4/c4-3(5,6)1-7-8-2(13-1)12-14(9,10)11;/h(H,9,10,11);1H4. The molecule has 0 spiro atoms. The molecular weight excluding hydrogens is 261 g/mol. The average Bonchev–Trinajstić information content (AvgIpc) is 2.29. The van der Waals surface area contributed by atoms with E-state index in [9.17, 15) is 21.6 Å². The second-order valence-corrected chi connectivity index (χ2v) is 3.84. The first-order valence-electron chi connectivity index (χ1n) is 2.76. The van der Waals surface area contributed by atoms with Crippen molar-refractivity contribution in [3.8, 4) is 5.19 Å². The van der Waals surface area contributed by atoms with Gasteiger partial charge < -0.3 is 4.18 Å². The molecule has 15 heavy (non-hydrogen) atoms. The van der Waals surface area contributed by atoms with E-state index in [-0.39, 0.29) is 18.8 Å². The van der Waals surface area contributed by atoms with E-state index in [1.165, 1.54) is 0 Å². The molecule has 0 saturated carbocycles. The van der Waals surface area contributed by atoms with Crippen molar-refractivity contribution in [1.29, 1.82) is 0 Å².